The van der Waals surface area contributed by atoms with Crippen LogP contribution in [-0.4, -0.2) is 50.4 Å². The minimum Gasteiger partial charge on any atom is -0.399 e. The highest BCUT2D eigenvalue weighted by Crippen LogP contribution is 2.36. The SMILES string of the molecule is CN(C)CCCNc1ccc(B2OC(C)(C)C(C)(C)O2)cc1. The van der Waals surface area contributed by atoms with Gasteiger partial charge in [0.2, 0.25) is 0 Å². The second-order valence-corrected chi connectivity index (χ2v) is 7.29. The summed E-state index contributed by atoms with van der Waals surface area (Å²) in [5.74, 6) is 0. The van der Waals surface area contributed by atoms with Crippen LogP contribution < -0.4 is 10.8 Å². The Balaban J connectivity index is 1.90. The monoisotopic (exact) mass is 304 g/mol. The standard InChI is InChI=1S/C17H29BN2O2/c1-16(2)17(3,4)22-18(21-16)14-8-10-15(11-9-14)19-12-7-13-20(5)6/h8-11,19H,7,12-13H2,1-6H3. The van der Waals surface area contributed by atoms with E-state index in [4.69, 9.17) is 9.31 Å². The van der Waals surface area contributed by atoms with Crippen LogP contribution in [0.15, 0.2) is 24.3 Å². The minimum atomic E-state index is -0.291. The molecule has 4 nitrogen and oxygen atoms in total. The van der Waals surface area contributed by atoms with E-state index >= 15 is 0 Å². The Morgan fingerprint density at radius 3 is 2.05 bits per heavy atom. The Bertz CT molecular complexity index is 470. The number of benzene rings is 1. The third-order valence-corrected chi connectivity index (χ3v) is 4.55. The highest BCUT2D eigenvalue weighted by molar-refractivity contribution is 6.62. The summed E-state index contributed by atoms with van der Waals surface area (Å²) in [6.45, 7) is 10.4. The van der Waals surface area contributed by atoms with Crippen molar-refractivity contribution >= 4 is 18.3 Å². The normalized spacial score (nSPS) is 19.7. The van der Waals surface area contributed by atoms with E-state index in [0.29, 0.717) is 0 Å². The summed E-state index contributed by atoms with van der Waals surface area (Å²) >= 11 is 0. The van der Waals surface area contributed by atoms with Crippen molar-refractivity contribution in [2.75, 3.05) is 32.5 Å². The van der Waals surface area contributed by atoms with Gasteiger partial charge in [-0.2, -0.15) is 0 Å². The molecule has 0 unspecified atom stereocenters. The van der Waals surface area contributed by atoms with Gasteiger partial charge in [0.25, 0.3) is 0 Å². The van der Waals surface area contributed by atoms with Gasteiger partial charge in [0.15, 0.2) is 0 Å². The van der Waals surface area contributed by atoms with Crippen LogP contribution in [0.1, 0.15) is 34.1 Å². The van der Waals surface area contributed by atoms with Gasteiger partial charge < -0.3 is 19.5 Å². The summed E-state index contributed by atoms with van der Waals surface area (Å²) in [4.78, 5) is 2.20. The van der Waals surface area contributed by atoms with Crippen LogP contribution in [0.25, 0.3) is 0 Å². The lowest BCUT2D eigenvalue weighted by molar-refractivity contribution is 0.00578. The summed E-state index contributed by atoms with van der Waals surface area (Å²) in [6, 6.07) is 8.35. The van der Waals surface area contributed by atoms with Crippen LogP contribution >= 0.6 is 0 Å². The van der Waals surface area contributed by atoms with Crippen molar-refractivity contribution in [3.05, 3.63) is 24.3 Å². The first-order chi connectivity index (χ1) is 10.2. The average molecular weight is 304 g/mol. The Kier molecular flexibility index (Phi) is 5.20. The van der Waals surface area contributed by atoms with Crippen LogP contribution in [0.5, 0.6) is 0 Å². The van der Waals surface area contributed by atoms with Crippen molar-refractivity contribution in [2.24, 2.45) is 0 Å². The molecule has 1 aliphatic rings. The average Bonchev–Trinajstić information content (AvgIpc) is 2.64. The topological polar surface area (TPSA) is 33.7 Å². The maximum absolute atomic E-state index is 6.07. The van der Waals surface area contributed by atoms with Gasteiger partial charge in [0, 0.05) is 12.2 Å². The molecule has 122 valence electrons. The van der Waals surface area contributed by atoms with E-state index in [2.05, 4.69) is 76.3 Å². The van der Waals surface area contributed by atoms with E-state index in [9.17, 15) is 0 Å². The predicted molar refractivity (Wildman–Crippen MR) is 93.8 cm³/mol. The zero-order chi connectivity index (χ0) is 16.4. The number of nitrogens with zero attached hydrogens (tertiary/aromatic N) is 1. The lowest BCUT2D eigenvalue weighted by Crippen LogP contribution is -2.41. The molecule has 0 aliphatic carbocycles. The van der Waals surface area contributed by atoms with Crippen molar-refractivity contribution in [3.8, 4) is 0 Å². The van der Waals surface area contributed by atoms with Gasteiger partial charge >= 0.3 is 7.12 Å². The second kappa shape index (κ2) is 6.61. The number of rotatable bonds is 6. The maximum Gasteiger partial charge on any atom is 0.494 e. The van der Waals surface area contributed by atoms with Crippen molar-refractivity contribution in [1.82, 2.24) is 4.90 Å². The molecule has 0 bridgehead atoms. The molecule has 1 aliphatic heterocycles. The molecule has 22 heavy (non-hydrogen) atoms. The molecule has 2 rings (SSSR count). The van der Waals surface area contributed by atoms with Crippen molar-refractivity contribution in [1.29, 1.82) is 0 Å². The van der Waals surface area contributed by atoms with Gasteiger partial charge in [-0.1, -0.05) is 12.1 Å². The van der Waals surface area contributed by atoms with Gasteiger partial charge in [-0.25, -0.2) is 0 Å². The Labute approximate surface area is 135 Å². The summed E-state index contributed by atoms with van der Waals surface area (Å²) in [6.07, 6.45) is 1.13. The molecule has 1 aromatic carbocycles. The van der Waals surface area contributed by atoms with E-state index < -0.39 is 0 Å². The molecule has 1 aromatic rings. The summed E-state index contributed by atoms with van der Waals surface area (Å²) in [5.41, 5.74) is 1.62. The fourth-order valence-corrected chi connectivity index (χ4v) is 2.37. The Morgan fingerprint density at radius 2 is 1.55 bits per heavy atom. The molecule has 5 heteroatoms. The fraction of sp³-hybridized carbons (Fsp3) is 0.647. The molecule has 0 amide bonds. The largest absolute Gasteiger partial charge is 0.494 e. The first-order valence-corrected chi connectivity index (χ1v) is 8.05. The van der Waals surface area contributed by atoms with E-state index in [0.717, 1.165) is 30.7 Å². The molecule has 1 saturated heterocycles. The van der Waals surface area contributed by atoms with Crippen LogP contribution in [0.2, 0.25) is 0 Å². The number of nitrogens with one attached hydrogen (secondary N) is 1. The quantitative estimate of drug-likeness (QED) is 0.646. The fourth-order valence-electron chi connectivity index (χ4n) is 2.37. The van der Waals surface area contributed by atoms with Crippen LogP contribution in [0.3, 0.4) is 0 Å². The molecular weight excluding hydrogens is 275 g/mol. The molecule has 1 N–H and O–H groups in total. The molecule has 0 radical (unpaired) electrons. The second-order valence-electron chi connectivity index (χ2n) is 7.29. The summed E-state index contributed by atoms with van der Waals surface area (Å²) < 4.78 is 12.1. The number of anilines is 1. The third-order valence-electron chi connectivity index (χ3n) is 4.55. The highest BCUT2D eigenvalue weighted by Gasteiger charge is 2.51. The van der Waals surface area contributed by atoms with E-state index in [1.807, 2.05) is 0 Å². The van der Waals surface area contributed by atoms with Gasteiger partial charge in [0.1, 0.15) is 0 Å². The first-order valence-electron chi connectivity index (χ1n) is 8.05. The third kappa shape index (κ3) is 4.03. The van der Waals surface area contributed by atoms with Crippen molar-refractivity contribution < 1.29 is 9.31 Å². The summed E-state index contributed by atoms with van der Waals surface area (Å²) in [5, 5.41) is 3.44. The zero-order valence-corrected chi connectivity index (χ0v) is 14.8. The molecule has 0 saturated carbocycles. The minimum absolute atomic E-state index is 0.284. The van der Waals surface area contributed by atoms with E-state index in [1.54, 1.807) is 0 Å². The molecule has 0 spiro atoms. The van der Waals surface area contributed by atoms with Crippen LogP contribution in [-0.2, 0) is 9.31 Å². The maximum atomic E-state index is 6.07. The van der Waals surface area contributed by atoms with Gasteiger partial charge in [-0.15, -0.1) is 0 Å². The number of hydrogen-bond donors (Lipinski definition) is 1. The van der Waals surface area contributed by atoms with Crippen molar-refractivity contribution in [2.45, 2.75) is 45.3 Å². The first kappa shape index (κ1) is 17.3. The lowest BCUT2D eigenvalue weighted by Gasteiger charge is -2.32. The summed E-state index contributed by atoms with van der Waals surface area (Å²) in [7, 11) is 3.91. The molecular formula is C17H29BN2O2. The van der Waals surface area contributed by atoms with Gasteiger partial charge in [0.05, 0.1) is 11.2 Å². The molecule has 0 atom stereocenters. The number of hydrogen-bond acceptors (Lipinski definition) is 4. The smallest absolute Gasteiger partial charge is 0.399 e. The van der Waals surface area contributed by atoms with E-state index in [-0.39, 0.29) is 18.3 Å². The zero-order valence-electron chi connectivity index (χ0n) is 14.8. The van der Waals surface area contributed by atoms with Crippen LogP contribution in [0.4, 0.5) is 5.69 Å². The molecule has 1 fully saturated rings. The Morgan fingerprint density at radius 1 is 1.00 bits per heavy atom. The van der Waals surface area contributed by atoms with Gasteiger partial charge in [-0.05, 0) is 72.4 Å². The van der Waals surface area contributed by atoms with Crippen LogP contribution in [0, 0.1) is 0 Å². The lowest BCUT2D eigenvalue weighted by atomic mass is 9.79. The van der Waals surface area contributed by atoms with E-state index in [1.165, 1.54) is 0 Å². The molecule has 1 heterocycles. The highest BCUT2D eigenvalue weighted by atomic mass is 16.7. The van der Waals surface area contributed by atoms with Gasteiger partial charge in [-0.3, -0.25) is 0 Å². The Hall–Kier alpha value is -1.04. The predicted octanol–water partition coefficient (Wildman–Crippen LogP) is 2.35. The van der Waals surface area contributed by atoms with Crippen molar-refractivity contribution in [3.63, 3.8) is 0 Å². The molecule has 0 aromatic heterocycles.